The minimum absolute atomic E-state index is 0.406. The van der Waals surface area contributed by atoms with Gasteiger partial charge in [-0.2, -0.15) is 0 Å². The Morgan fingerprint density at radius 1 is 1.23 bits per heavy atom. The van der Waals surface area contributed by atoms with Crippen LogP contribution in [-0.4, -0.2) is 6.04 Å². The molecule has 1 fully saturated rings. The zero-order chi connectivity index (χ0) is 9.80. The van der Waals surface area contributed by atoms with Crippen LogP contribution in [0, 0.1) is 17.3 Å². The topological polar surface area (TPSA) is 26.0 Å². The molecule has 2 N–H and O–H groups in total. The molecule has 74 valence electrons. The molecule has 2 bridgehead atoms. The molecule has 1 heteroatoms. The molecule has 3 unspecified atom stereocenters. The van der Waals surface area contributed by atoms with Crippen molar-refractivity contribution in [3.05, 3.63) is 11.1 Å². The summed E-state index contributed by atoms with van der Waals surface area (Å²) in [5.41, 5.74) is 9.90. The van der Waals surface area contributed by atoms with Gasteiger partial charge in [-0.3, -0.25) is 0 Å². The highest BCUT2D eigenvalue weighted by Crippen LogP contribution is 2.53. The number of nitrogens with two attached hydrogens (primary N) is 1. The number of rotatable bonds is 0. The first-order valence-electron chi connectivity index (χ1n) is 5.38. The van der Waals surface area contributed by atoms with Crippen LogP contribution in [0.5, 0.6) is 0 Å². The summed E-state index contributed by atoms with van der Waals surface area (Å²) < 4.78 is 0. The average molecular weight is 179 g/mol. The van der Waals surface area contributed by atoms with E-state index < -0.39 is 0 Å². The SMILES string of the molecule is CC1=C(C)C2C(N)C1CCC2(C)C. The smallest absolute Gasteiger partial charge is 0.0176 e. The Kier molecular flexibility index (Phi) is 1.85. The molecule has 0 aromatic heterocycles. The van der Waals surface area contributed by atoms with Crippen LogP contribution in [0.25, 0.3) is 0 Å². The summed E-state index contributed by atoms with van der Waals surface area (Å²) in [6.45, 7) is 9.31. The van der Waals surface area contributed by atoms with Crippen molar-refractivity contribution in [3.63, 3.8) is 0 Å². The van der Waals surface area contributed by atoms with Gasteiger partial charge in [-0.05, 0) is 38.0 Å². The third-order valence-electron chi connectivity index (χ3n) is 4.44. The quantitative estimate of drug-likeness (QED) is 0.568. The van der Waals surface area contributed by atoms with Crippen molar-refractivity contribution in [3.8, 4) is 0 Å². The van der Waals surface area contributed by atoms with E-state index in [4.69, 9.17) is 5.73 Å². The van der Waals surface area contributed by atoms with E-state index in [2.05, 4.69) is 27.7 Å². The highest BCUT2D eigenvalue weighted by Gasteiger charge is 2.48. The molecular weight excluding hydrogens is 158 g/mol. The van der Waals surface area contributed by atoms with E-state index in [-0.39, 0.29) is 0 Å². The molecular formula is C12H21N. The van der Waals surface area contributed by atoms with Crippen LogP contribution in [0.4, 0.5) is 0 Å². The third-order valence-corrected chi connectivity index (χ3v) is 4.44. The second-order valence-corrected chi connectivity index (χ2v) is 5.55. The maximum Gasteiger partial charge on any atom is 0.0176 e. The van der Waals surface area contributed by atoms with Crippen molar-refractivity contribution in [2.24, 2.45) is 23.0 Å². The van der Waals surface area contributed by atoms with Crippen molar-refractivity contribution in [1.29, 1.82) is 0 Å². The van der Waals surface area contributed by atoms with Crippen LogP contribution >= 0.6 is 0 Å². The van der Waals surface area contributed by atoms with Crippen molar-refractivity contribution in [2.75, 3.05) is 0 Å². The molecule has 0 radical (unpaired) electrons. The first-order valence-corrected chi connectivity index (χ1v) is 5.38. The predicted molar refractivity (Wildman–Crippen MR) is 56.3 cm³/mol. The van der Waals surface area contributed by atoms with Gasteiger partial charge in [0.15, 0.2) is 0 Å². The van der Waals surface area contributed by atoms with Crippen molar-refractivity contribution in [2.45, 2.75) is 46.6 Å². The molecule has 2 aliphatic carbocycles. The molecule has 2 aliphatic rings. The molecule has 1 nitrogen and oxygen atoms in total. The molecule has 0 aromatic rings. The molecule has 1 saturated carbocycles. The Labute approximate surface area is 81.4 Å². The summed E-state index contributed by atoms with van der Waals surface area (Å²) in [5.74, 6) is 1.34. The molecule has 0 heterocycles. The Morgan fingerprint density at radius 2 is 1.85 bits per heavy atom. The van der Waals surface area contributed by atoms with Crippen LogP contribution in [0.3, 0.4) is 0 Å². The van der Waals surface area contributed by atoms with E-state index in [0.29, 0.717) is 23.3 Å². The van der Waals surface area contributed by atoms with Crippen molar-refractivity contribution in [1.82, 2.24) is 0 Å². The summed E-state index contributed by atoms with van der Waals surface area (Å²) in [4.78, 5) is 0. The van der Waals surface area contributed by atoms with Crippen LogP contribution in [0.15, 0.2) is 11.1 Å². The summed E-state index contributed by atoms with van der Waals surface area (Å²) in [6.07, 6.45) is 2.64. The van der Waals surface area contributed by atoms with E-state index in [1.165, 1.54) is 12.8 Å². The van der Waals surface area contributed by atoms with E-state index in [9.17, 15) is 0 Å². The zero-order valence-electron chi connectivity index (χ0n) is 9.22. The molecule has 0 aliphatic heterocycles. The first-order chi connectivity index (χ1) is 5.95. The lowest BCUT2D eigenvalue weighted by Crippen LogP contribution is -2.45. The molecule has 0 amide bonds. The molecule has 0 saturated heterocycles. The van der Waals surface area contributed by atoms with Crippen molar-refractivity contribution < 1.29 is 0 Å². The third kappa shape index (κ3) is 1.10. The lowest BCUT2D eigenvalue weighted by molar-refractivity contribution is 0.134. The van der Waals surface area contributed by atoms with E-state index in [1.807, 2.05) is 0 Å². The first kappa shape index (κ1) is 9.26. The van der Waals surface area contributed by atoms with Crippen LogP contribution in [0.1, 0.15) is 40.5 Å². The second kappa shape index (κ2) is 2.60. The minimum atomic E-state index is 0.406. The number of hydrogen-bond donors (Lipinski definition) is 1. The van der Waals surface area contributed by atoms with Gasteiger partial charge in [-0.15, -0.1) is 0 Å². The fourth-order valence-corrected chi connectivity index (χ4v) is 3.55. The highest BCUT2D eigenvalue weighted by molar-refractivity contribution is 5.31. The van der Waals surface area contributed by atoms with Gasteiger partial charge in [0.2, 0.25) is 0 Å². The fourth-order valence-electron chi connectivity index (χ4n) is 3.55. The van der Waals surface area contributed by atoms with Crippen LogP contribution in [0.2, 0.25) is 0 Å². The Bertz CT molecular complexity index is 262. The van der Waals surface area contributed by atoms with Crippen LogP contribution < -0.4 is 5.73 Å². The molecule has 0 spiro atoms. The molecule has 3 atom stereocenters. The molecule has 0 aromatic carbocycles. The van der Waals surface area contributed by atoms with E-state index >= 15 is 0 Å². The van der Waals surface area contributed by atoms with Gasteiger partial charge in [0.25, 0.3) is 0 Å². The lowest BCUT2D eigenvalue weighted by atomic mass is 9.65. The standard InChI is InChI=1S/C12H21N/c1-7-8(2)10-11(13)9(7)5-6-12(10,3)4/h9-11H,5-6,13H2,1-4H3. The van der Waals surface area contributed by atoms with Crippen LogP contribution in [-0.2, 0) is 0 Å². The Balaban J connectivity index is 2.42. The van der Waals surface area contributed by atoms with Crippen molar-refractivity contribution >= 4 is 0 Å². The molecule has 2 rings (SSSR count). The minimum Gasteiger partial charge on any atom is -0.327 e. The number of fused-ring (bicyclic) bond motifs is 2. The lowest BCUT2D eigenvalue weighted by Gasteiger charge is -2.42. The van der Waals surface area contributed by atoms with Gasteiger partial charge in [0.05, 0.1) is 0 Å². The van der Waals surface area contributed by atoms with Gasteiger partial charge in [-0.25, -0.2) is 0 Å². The largest absolute Gasteiger partial charge is 0.327 e. The summed E-state index contributed by atoms with van der Waals surface area (Å²) in [6, 6.07) is 0.406. The van der Waals surface area contributed by atoms with Gasteiger partial charge in [-0.1, -0.05) is 25.0 Å². The number of hydrogen-bond acceptors (Lipinski definition) is 1. The van der Waals surface area contributed by atoms with E-state index in [0.717, 1.165) is 0 Å². The average Bonchev–Trinajstić information content (AvgIpc) is 2.16. The summed E-state index contributed by atoms with van der Waals surface area (Å²) in [5, 5.41) is 0. The van der Waals surface area contributed by atoms with Gasteiger partial charge < -0.3 is 5.73 Å². The van der Waals surface area contributed by atoms with Gasteiger partial charge in [0.1, 0.15) is 0 Å². The highest BCUT2D eigenvalue weighted by atomic mass is 14.7. The molecule has 13 heavy (non-hydrogen) atoms. The predicted octanol–water partition coefficient (Wildman–Crippen LogP) is 2.72. The summed E-state index contributed by atoms with van der Waals surface area (Å²) in [7, 11) is 0. The Hall–Kier alpha value is -0.300. The van der Waals surface area contributed by atoms with Gasteiger partial charge in [0, 0.05) is 12.0 Å². The monoisotopic (exact) mass is 179 g/mol. The van der Waals surface area contributed by atoms with Gasteiger partial charge >= 0.3 is 0 Å². The normalized spacial score (nSPS) is 42.7. The summed E-state index contributed by atoms with van der Waals surface area (Å²) >= 11 is 0. The van der Waals surface area contributed by atoms with E-state index in [1.54, 1.807) is 11.1 Å². The maximum absolute atomic E-state index is 6.30. The zero-order valence-corrected chi connectivity index (χ0v) is 9.22. The fraction of sp³-hybridized carbons (Fsp3) is 0.833. The second-order valence-electron chi connectivity index (χ2n) is 5.55. The maximum atomic E-state index is 6.30. The Morgan fingerprint density at radius 3 is 2.38 bits per heavy atom.